The highest BCUT2D eigenvalue weighted by Gasteiger charge is 2.29. The number of allylic oxidation sites excluding steroid dienone is 1. The van der Waals surface area contributed by atoms with Crippen LogP contribution in [0.5, 0.6) is 0 Å². The van der Waals surface area contributed by atoms with Gasteiger partial charge in [-0.2, -0.15) is 0 Å². The average Bonchev–Trinajstić information content (AvgIpc) is 2.57. The molecule has 2 nitrogen and oxygen atoms in total. The first kappa shape index (κ1) is 14.3. The maximum Gasteiger partial charge on any atom is 0.164 e. The second-order valence-electron chi connectivity index (χ2n) is 5.97. The standard InChI is InChI=1S/C15H26O2/c1-5-6-7-8-12-9-10-13(14(12)16)11-17-15(2,3)4/h11-12H,5-10H2,1-4H3. The van der Waals surface area contributed by atoms with Crippen molar-refractivity contribution in [2.24, 2.45) is 5.92 Å². The minimum Gasteiger partial charge on any atom is -0.495 e. The van der Waals surface area contributed by atoms with Crippen LogP contribution in [0.1, 0.15) is 66.2 Å². The zero-order chi connectivity index (χ0) is 12.9. The molecule has 17 heavy (non-hydrogen) atoms. The highest BCUT2D eigenvalue weighted by atomic mass is 16.5. The molecule has 0 amide bonds. The SMILES string of the molecule is CCCCCC1CCC(=COC(C)(C)C)C1=O. The van der Waals surface area contributed by atoms with Crippen LogP contribution < -0.4 is 0 Å². The van der Waals surface area contributed by atoms with E-state index in [9.17, 15) is 4.79 Å². The first-order valence-corrected chi connectivity index (χ1v) is 6.85. The summed E-state index contributed by atoms with van der Waals surface area (Å²) in [4.78, 5) is 12.1. The third-order valence-electron chi connectivity index (χ3n) is 3.16. The van der Waals surface area contributed by atoms with Crippen molar-refractivity contribution in [3.63, 3.8) is 0 Å². The van der Waals surface area contributed by atoms with Crippen molar-refractivity contribution in [3.8, 4) is 0 Å². The van der Waals surface area contributed by atoms with Gasteiger partial charge in [0.05, 0.1) is 11.9 Å². The highest BCUT2D eigenvalue weighted by molar-refractivity contribution is 5.99. The molecule has 1 rings (SSSR count). The first-order chi connectivity index (χ1) is 7.94. The smallest absolute Gasteiger partial charge is 0.164 e. The van der Waals surface area contributed by atoms with Gasteiger partial charge in [0, 0.05) is 11.5 Å². The predicted molar refractivity (Wildman–Crippen MR) is 70.8 cm³/mol. The summed E-state index contributed by atoms with van der Waals surface area (Å²) in [5.41, 5.74) is 0.689. The normalized spacial score (nSPS) is 23.4. The van der Waals surface area contributed by atoms with Gasteiger partial charge in [-0.3, -0.25) is 4.79 Å². The quantitative estimate of drug-likeness (QED) is 0.407. The molecule has 1 atom stereocenters. The Labute approximate surface area is 105 Å². The van der Waals surface area contributed by atoms with Crippen LogP contribution in [0.4, 0.5) is 0 Å². The monoisotopic (exact) mass is 238 g/mol. The van der Waals surface area contributed by atoms with Crippen molar-refractivity contribution in [2.75, 3.05) is 0 Å². The van der Waals surface area contributed by atoms with Crippen molar-refractivity contribution in [1.29, 1.82) is 0 Å². The number of carbonyl (C=O) groups is 1. The van der Waals surface area contributed by atoms with Crippen LogP contribution in [-0.2, 0) is 9.53 Å². The van der Waals surface area contributed by atoms with Gasteiger partial charge in [-0.15, -0.1) is 0 Å². The molecule has 0 saturated heterocycles. The summed E-state index contributed by atoms with van der Waals surface area (Å²) >= 11 is 0. The van der Waals surface area contributed by atoms with Crippen LogP contribution in [0.2, 0.25) is 0 Å². The van der Waals surface area contributed by atoms with Crippen LogP contribution in [0, 0.1) is 5.92 Å². The van der Waals surface area contributed by atoms with Crippen LogP contribution in [-0.4, -0.2) is 11.4 Å². The number of hydrogen-bond donors (Lipinski definition) is 0. The van der Waals surface area contributed by atoms with E-state index in [0.717, 1.165) is 24.8 Å². The molecule has 1 unspecified atom stereocenters. The van der Waals surface area contributed by atoms with E-state index in [1.54, 1.807) is 6.26 Å². The second-order valence-corrected chi connectivity index (χ2v) is 5.97. The molecule has 0 aromatic heterocycles. The average molecular weight is 238 g/mol. The van der Waals surface area contributed by atoms with Gasteiger partial charge < -0.3 is 4.74 Å². The lowest BCUT2D eigenvalue weighted by Gasteiger charge is -2.18. The Balaban J connectivity index is 2.44. The number of Topliss-reactive ketones (excluding diaryl/α,β-unsaturated/α-hetero) is 1. The van der Waals surface area contributed by atoms with Gasteiger partial charge in [0.25, 0.3) is 0 Å². The summed E-state index contributed by atoms with van der Waals surface area (Å²) in [5, 5.41) is 0. The summed E-state index contributed by atoms with van der Waals surface area (Å²) in [6.07, 6.45) is 8.30. The topological polar surface area (TPSA) is 26.3 Å². The Kier molecular flexibility index (Phi) is 5.23. The summed E-state index contributed by atoms with van der Waals surface area (Å²) in [5.74, 6) is 0.585. The minimum absolute atomic E-state index is 0.201. The van der Waals surface area contributed by atoms with E-state index in [-0.39, 0.29) is 11.5 Å². The molecule has 0 aromatic rings. The molecular weight excluding hydrogens is 212 g/mol. The zero-order valence-electron chi connectivity index (χ0n) is 11.7. The Bertz CT molecular complexity index is 284. The molecule has 1 aliphatic rings. The maximum absolute atomic E-state index is 12.1. The fourth-order valence-corrected chi connectivity index (χ4v) is 2.13. The van der Waals surface area contributed by atoms with E-state index in [0.29, 0.717) is 5.78 Å². The van der Waals surface area contributed by atoms with E-state index in [4.69, 9.17) is 4.74 Å². The number of carbonyl (C=O) groups excluding carboxylic acids is 1. The molecule has 0 radical (unpaired) electrons. The molecule has 0 aromatic carbocycles. The summed E-state index contributed by atoms with van der Waals surface area (Å²) in [6.45, 7) is 8.20. The molecule has 0 bridgehead atoms. The summed E-state index contributed by atoms with van der Waals surface area (Å²) in [7, 11) is 0. The second kappa shape index (κ2) is 6.23. The van der Waals surface area contributed by atoms with Gasteiger partial charge in [0.1, 0.15) is 0 Å². The molecule has 98 valence electrons. The Hall–Kier alpha value is -0.790. The number of hydrogen-bond acceptors (Lipinski definition) is 2. The first-order valence-electron chi connectivity index (χ1n) is 6.85. The zero-order valence-corrected chi connectivity index (χ0v) is 11.7. The molecule has 2 heteroatoms. The van der Waals surface area contributed by atoms with Gasteiger partial charge in [-0.1, -0.05) is 26.2 Å². The number of ketones is 1. The number of unbranched alkanes of at least 4 members (excludes halogenated alkanes) is 2. The van der Waals surface area contributed by atoms with E-state index in [1.165, 1.54) is 19.3 Å². The summed E-state index contributed by atoms with van der Waals surface area (Å²) in [6, 6.07) is 0. The van der Waals surface area contributed by atoms with Crippen LogP contribution >= 0.6 is 0 Å². The lowest BCUT2D eigenvalue weighted by molar-refractivity contribution is -0.118. The molecule has 0 heterocycles. The molecule has 1 fully saturated rings. The van der Waals surface area contributed by atoms with Gasteiger partial charge in [0.15, 0.2) is 5.78 Å². The van der Waals surface area contributed by atoms with E-state index >= 15 is 0 Å². The van der Waals surface area contributed by atoms with Crippen molar-refractivity contribution >= 4 is 5.78 Å². The van der Waals surface area contributed by atoms with Gasteiger partial charge >= 0.3 is 0 Å². The summed E-state index contributed by atoms with van der Waals surface area (Å²) < 4.78 is 5.57. The van der Waals surface area contributed by atoms with Crippen LogP contribution in [0.15, 0.2) is 11.8 Å². The Morgan fingerprint density at radius 2 is 2.06 bits per heavy atom. The number of rotatable bonds is 5. The Morgan fingerprint density at radius 1 is 1.35 bits per heavy atom. The van der Waals surface area contributed by atoms with Crippen molar-refractivity contribution in [2.45, 2.75) is 71.8 Å². The lowest BCUT2D eigenvalue weighted by atomic mass is 9.99. The van der Waals surface area contributed by atoms with E-state index in [1.807, 2.05) is 20.8 Å². The predicted octanol–water partition coefficient (Wildman–Crippen LogP) is 4.24. The van der Waals surface area contributed by atoms with Crippen LogP contribution in [0.3, 0.4) is 0 Å². The third kappa shape index (κ3) is 4.93. The molecule has 0 aliphatic heterocycles. The maximum atomic E-state index is 12.1. The van der Waals surface area contributed by atoms with Crippen LogP contribution in [0.25, 0.3) is 0 Å². The number of ether oxygens (including phenoxy) is 1. The van der Waals surface area contributed by atoms with Gasteiger partial charge in [-0.05, 0) is 40.0 Å². The molecule has 0 N–H and O–H groups in total. The minimum atomic E-state index is -0.201. The highest BCUT2D eigenvalue weighted by Crippen LogP contribution is 2.31. The fraction of sp³-hybridized carbons (Fsp3) is 0.800. The van der Waals surface area contributed by atoms with Crippen molar-refractivity contribution in [3.05, 3.63) is 11.8 Å². The molecular formula is C15H26O2. The Morgan fingerprint density at radius 3 is 2.65 bits per heavy atom. The van der Waals surface area contributed by atoms with Crippen molar-refractivity contribution < 1.29 is 9.53 Å². The van der Waals surface area contributed by atoms with Crippen molar-refractivity contribution in [1.82, 2.24) is 0 Å². The van der Waals surface area contributed by atoms with E-state index < -0.39 is 0 Å². The molecule has 1 saturated carbocycles. The molecule has 1 aliphatic carbocycles. The van der Waals surface area contributed by atoms with Gasteiger partial charge in [0.2, 0.25) is 0 Å². The van der Waals surface area contributed by atoms with E-state index in [2.05, 4.69) is 6.92 Å². The molecule has 0 spiro atoms. The lowest BCUT2D eigenvalue weighted by Crippen LogP contribution is -2.16. The van der Waals surface area contributed by atoms with Gasteiger partial charge in [-0.25, -0.2) is 0 Å². The largest absolute Gasteiger partial charge is 0.495 e. The third-order valence-corrected chi connectivity index (χ3v) is 3.16. The fourth-order valence-electron chi connectivity index (χ4n) is 2.13.